The summed E-state index contributed by atoms with van der Waals surface area (Å²) in [5.41, 5.74) is 7.75. The minimum Gasteiger partial charge on any atom is -0.389 e. The molecule has 0 bridgehead atoms. The number of piperidine rings is 1. The molecule has 0 saturated carbocycles. The van der Waals surface area contributed by atoms with Crippen molar-refractivity contribution in [3.63, 3.8) is 0 Å². The van der Waals surface area contributed by atoms with Crippen LogP contribution < -0.4 is 10.6 Å². The van der Waals surface area contributed by atoms with Gasteiger partial charge >= 0.3 is 0 Å². The third-order valence-electron chi connectivity index (χ3n) is 3.58. The average molecular weight is 299 g/mol. The first-order valence-corrected chi connectivity index (χ1v) is 7.23. The monoisotopic (exact) mass is 298 g/mol. The number of nitrogens with zero attached hydrogens (tertiary/aromatic N) is 1. The molecule has 1 aliphatic heterocycles. The molecule has 2 rings (SSSR count). The summed E-state index contributed by atoms with van der Waals surface area (Å²) >= 11 is 11.2. The van der Waals surface area contributed by atoms with E-state index in [9.17, 15) is 0 Å². The fraction of sp³-hybridized carbons (Fsp3) is 0.500. The zero-order valence-electron chi connectivity index (χ0n) is 11.1. The van der Waals surface area contributed by atoms with Crippen LogP contribution in [0.2, 0.25) is 5.02 Å². The molecule has 1 fully saturated rings. The molecule has 1 heterocycles. The summed E-state index contributed by atoms with van der Waals surface area (Å²) in [5.74, 6) is 0.647. The van der Waals surface area contributed by atoms with Crippen LogP contribution in [-0.2, 0) is 4.74 Å². The Balaban J connectivity index is 2.14. The summed E-state index contributed by atoms with van der Waals surface area (Å²) in [6, 6.07) is 5.69. The summed E-state index contributed by atoms with van der Waals surface area (Å²) in [5, 5.41) is 0.717. The predicted octanol–water partition coefficient (Wildman–Crippen LogP) is 2.84. The van der Waals surface area contributed by atoms with Crippen molar-refractivity contribution in [3.8, 4) is 0 Å². The summed E-state index contributed by atoms with van der Waals surface area (Å²) in [4.78, 5) is 2.73. The van der Waals surface area contributed by atoms with E-state index in [1.54, 1.807) is 7.11 Å². The van der Waals surface area contributed by atoms with E-state index in [0.29, 0.717) is 15.9 Å². The molecule has 1 aliphatic rings. The van der Waals surface area contributed by atoms with Crippen molar-refractivity contribution >= 4 is 34.5 Å². The van der Waals surface area contributed by atoms with Crippen LogP contribution in [0, 0.1) is 5.92 Å². The number of thiocarbonyl (C=S) groups is 1. The summed E-state index contributed by atoms with van der Waals surface area (Å²) < 4.78 is 5.22. The smallest absolute Gasteiger partial charge is 0.106 e. The van der Waals surface area contributed by atoms with Gasteiger partial charge in [-0.1, -0.05) is 23.8 Å². The fourth-order valence-corrected chi connectivity index (χ4v) is 2.89. The van der Waals surface area contributed by atoms with Crippen LogP contribution in [0.5, 0.6) is 0 Å². The summed E-state index contributed by atoms with van der Waals surface area (Å²) in [6.45, 7) is 2.82. The normalized spacial score (nSPS) is 16.6. The van der Waals surface area contributed by atoms with Gasteiger partial charge in [-0.15, -0.1) is 0 Å². The molecule has 104 valence electrons. The minimum atomic E-state index is 0.422. The Labute approximate surface area is 124 Å². The number of halogens is 1. The number of benzene rings is 1. The molecule has 0 aromatic heterocycles. The summed E-state index contributed by atoms with van der Waals surface area (Å²) in [7, 11) is 1.76. The van der Waals surface area contributed by atoms with E-state index < -0.39 is 0 Å². The Hall–Kier alpha value is -0.840. The number of ether oxygens (including phenoxy) is 1. The van der Waals surface area contributed by atoms with Gasteiger partial charge in [0, 0.05) is 43.1 Å². The first-order chi connectivity index (χ1) is 9.11. The van der Waals surface area contributed by atoms with Gasteiger partial charge in [-0.3, -0.25) is 0 Å². The molecule has 1 aromatic carbocycles. The van der Waals surface area contributed by atoms with Gasteiger partial charge in [-0.25, -0.2) is 0 Å². The molecule has 5 heteroatoms. The quantitative estimate of drug-likeness (QED) is 0.868. The van der Waals surface area contributed by atoms with Gasteiger partial charge in [0.05, 0.1) is 0 Å². The van der Waals surface area contributed by atoms with Crippen molar-refractivity contribution in [1.82, 2.24) is 0 Å². The second-order valence-electron chi connectivity index (χ2n) is 4.91. The van der Waals surface area contributed by atoms with E-state index in [1.165, 1.54) is 0 Å². The Bertz CT molecular complexity index is 459. The molecule has 0 aliphatic carbocycles. The number of rotatable bonds is 4. The first-order valence-electron chi connectivity index (χ1n) is 6.45. The van der Waals surface area contributed by atoms with Gasteiger partial charge in [-0.2, -0.15) is 0 Å². The van der Waals surface area contributed by atoms with Crippen LogP contribution in [-0.4, -0.2) is 31.8 Å². The fourth-order valence-electron chi connectivity index (χ4n) is 2.55. The lowest BCUT2D eigenvalue weighted by molar-refractivity contribution is 0.139. The molecule has 3 nitrogen and oxygen atoms in total. The van der Waals surface area contributed by atoms with Crippen LogP contribution in [0.3, 0.4) is 0 Å². The number of hydrogen-bond donors (Lipinski definition) is 1. The third kappa shape index (κ3) is 3.59. The van der Waals surface area contributed by atoms with Crippen molar-refractivity contribution in [2.45, 2.75) is 12.8 Å². The maximum absolute atomic E-state index is 6.09. The van der Waals surface area contributed by atoms with E-state index in [-0.39, 0.29) is 0 Å². The Morgan fingerprint density at radius 3 is 2.74 bits per heavy atom. The zero-order valence-corrected chi connectivity index (χ0v) is 12.6. The van der Waals surface area contributed by atoms with Crippen molar-refractivity contribution in [3.05, 3.63) is 28.8 Å². The van der Waals surface area contributed by atoms with Crippen LogP contribution in [0.1, 0.15) is 18.4 Å². The van der Waals surface area contributed by atoms with Crippen LogP contribution in [0.4, 0.5) is 5.69 Å². The van der Waals surface area contributed by atoms with Gasteiger partial charge in [0.15, 0.2) is 0 Å². The van der Waals surface area contributed by atoms with Gasteiger partial charge in [0.1, 0.15) is 4.99 Å². The molecule has 0 radical (unpaired) electrons. The SMILES string of the molecule is COCC1CCN(c2cc(Cl)ccc2C(N)=S)CC1. The highest BCUT2D eigenvalue weighted by Gasteiger charge is 2.21. The maximum Gasteiger partial charge on any atom is 0.106 e. The molecule has 0 unspecified atom stereocenters. The van der Waals surface area contributed by atoms with Crippen molar-refractivity contribution in [2.24, 2.45) is 11.7 Å². The van der Waals surface area contributed by atoms with Gasteiger partial charge in [-0.05, 0) is 37.0 Å². The van der Waals surface area contributed by atoms with Crippen molar-refractivity contribution < 1.29 is 4.74 Å². The zero-order chi connectivity index (χ0) is 13.8. The maximum atomic E-state index is 6.09. The Morgan fingerprint density at radius 2 is 2.16 bits per heavy atom. The first kappa shape index (κ1) is 14.6. The highest BCUT2D eigenvalue weighted by Crippen LogP contribution is 2.29. The molecular weight excluding hydrogens is 280 g/mol. The topological polar surface area (TPSA) is 38.5 Å². The molecule has 2 N–H and O–H groups in total. The molecular formula is C14H19ClN2OS. The molecule has 19 heavy (non-hydrogen) atoms. The Morgan fingerprint density at radius 1 is 1.47 bits per heavy atom. The molecule has 0 amide bonds. The van der Waals surface area contributed by atoms with Crippen LogP contribution >= 0.6 is 23.8 Å². The van der Waals surface area contributed by atoms with Crippen molar-refractivity contribution in [2.75, 3.05) is 31.7 Å². The molecule has 0 atom stereocenters. The molecule has 1 aromatic rings. The highest BCUT2D eigenvalue weighted by atomic mass is 35.5. The van der Waals surface area contributed by atoms with Gasteiger partial charge < -0.3 is 15.4 Å². The predicted molar refractivity (Wildman–Crippen MR) is 84.2 cm³/mol. The summed E-state index contributed by atoms with van der Waals surface area (Å²) in [6.07, 6.45) is 2.24. The lowest BCUT2D eigenvalue weighted by Crippen LogP contribution is -2.36. The lowest BCUT2D eigenvalue weighted by Gasteiger charge is -2.34. The number of nitrogens with two attached hydrogens (primary N) is 1. The van der Waals surface area contributed by atoms with E-state index >= 15 is 0 Å². The average Bonchev–Trinajstić information content (AvgIpc) is 2.39. The number of methoxy groups -OCH3 is 1. The lowest BCUT2D eigenvalue weighted by atomic mass is 9.96. The standard InChI is InChI=1S/C14H19ClN2OS/c1-18-9-10-4-6-17(7-5-10)13-8-11(15)2-3-12(13)14(16)19/h2-3,8,10H,4-7,9H2,1H3,(H2,16,19). The van der Waals surface area contributed by atoms with E-state index in [1.807, 2.05) is 18.2 Å². The largest absolute Gasteiger partial charge is 0.389 e. The van der Waals surface area contributed by atoms with E-state index in [0.717, 1.165) is 43.8 Å². The van der Waals surface area contributed by atoms with Gasteiger partial charge in [0.25, 0.3) is 0 Å². The van der Waals surface area contributed by atoms with E-state index in [2.05, 4.69) is 4.90 Å². The highest BCUT2D eigenvalue weighted by molar-refractivity contribution is 7.80. The van der Waals surface area contributed by atoms with Crippen molar-refractivity contribution in [1.29, 1.82) is 0 Å². The van der Waals surface area contributed by atoms with Gasteiger partial charge in [0.2, 0.25) is 0 Å². The second-order valence-corrected chi connectivity index (χ2v) is 5.79. The third-order valence-corrected chi connectivity index (χ3v) is 4.04. The Kier molecular flexibility index (Phi) is 5.02. The second kappa shape index (κ2) is 6.55. The molecule has 0 spiro atoms. The van der Waals surface area contributed by atoms with E-state index in [4.69, 9.17) is 34.3 Å². The number of hydrogen-bond acceptors (Lipinski definition) is 3. The minimum absolute atomic E-state index is 0.422. The van der Waals surface area contributed by atoms with Crippen LogP contribution in [0.25, 0.3) is 0 Å². The molecule has 1 saturated heterocycles. The number of anilines is 1. The van der Waals surface area contributed by atoms with Crippen LogP contribution in [0.15, 0.2) is 18.2 Å².